The third kappa shape index (κ3) is 4.76. The first-order valence-electron chi connectivity index (χ1n) is 9.15. The van der Waals surface area contributed by atoms with Crippen molar-refractivity contribution < 1.29 is 19.1 Å². The first-order valence-corrected chi connectivity index (χ1v) is 9.15. The van der Waals surface area contributed by atoms with E-state index in [4.69, 9.17) is 9.47 Å². The van der Waals surface area contributed by atoms with Crippen molar-refractivity contribution in [3.8, 4) is 0 Å². The molecular formula is C22H23NO4. The Kier molecular flexibility index (Phi) is 6.26. The number of fused-ring (bicyclic) bond motifs is 1. The van der Waals surface area contributed by atoms with E-state index in [9.17, 15) is 9.59 Å². The van der Waals surface area contributed by atoms with Crippen LogP contribution in [-0.4, -0.2) is 23.5 Å². The van der Waals surface area contributed by atoms with Crippen LogP contribution in [0.15, 0.2) is 54.6 Å². The summed E-state index contributed by atoms with van der Waals surface area (Å²) in [5.74, 6) is -0.579. The molecule has 1 aromatic heterocycles. The molecule has 0 amide bonds. The van der Waals surface area contributed by atoms with E-state index in [1.54, 1.807) is 6.92 Å². The zero-order valence-corrected chi connectivity index (χ0v) is 15.4. The Hall–Kier alpha value is -3.08. The van der Waals surface area contributed by atoms with Crippen LogP contribution in [0.4, 0.5) is 0 Å². The molecule has 140 valence electrons. The summed E-state index contributed by atoms with van der Waals surface area (Å²) in [5, 5.41) is 0.835. The van der Waals surface area contributed by atoms with Gasteiger partial charge in [0.15, 0.2) is 0 Å². The van der Waals surface area contributed by atoms with E-state index in [2.05, 4.69) is 4.98 Å². The maximum absolute atomic E-state index is 12.8. The Labute approximate surface area is 158 Å². The quantitative estimate of drug-likeness (QED) is 0.600. The van der Waals surface area contributed by atoms with Crippen LogP contribution in [0.2, 0.25) is 0 Å². The molecular weight excluding hydrogens is 342 g/mol. The Morgan fingerprint density at radius 2 is 1.70 bits per heavy atom. The Balaban J connectivity index is 1.75. The summed E-state index contributed by atoms with van der Waals surface area (Å²) >= 11 is 0. The highest BCUT2D eigenvalue weighted by molar-refractivity contribution is 6.05. The third-order valence-electron chi connectivity index (χ3n) is 4.31. The molecule has 0 aliphatic heterocycles. The van der Waals surface area contributed by atoms with Crippen LogP contribution in [-0.2, 0) is 27.3 Å². The molecule has 0 aliphatic rings. The smallest absolute Gasteiger partial charge is 0.340 e. The standard InChI is InChI=1S/C22H23NO4/c1-2-26-20(24)14-8-13-19-21(17-11-6-7-12-18(17)23-19)22(25)27-15-16-9-4-3-5-10-16/h3-7,9-12,23H,2,8,13-15H2,1H3. The first-order chi connectivity index (χ1) is 13.2. The molecule has 0 aliphatic carbocycles. The van der Waals surface area contributed by atoms with E-state index < -0.39 is 0 Å². The molecule has 3 aromatic rings. The number of esters is 2. The molecule has 5 heteroatoms. The highest BCUT2D eigenvalue weighted by Gasteiger charge is 2.20. The monoisotopic (exact) mass is 365 g/mol. The van der Waals surface area contributed by atoms with Crippen molar-refractivity contribution in [3.05, 3.63) is 71.4 Å². The molecule has 3 rings (SSSR count). The summed E-state index contributed by atoms with van der Waals surface area (Å²) in [7, 11) is 0. The van der Waals surface area contributed by atoms with Gasteiger partial charge in [0.2, 0.25) is 0 Å². The molecule has 1 N–H and O–H groups in total. The lowest BCUT2D eigenvalue weighted by Gasteiger charge is -2.07. The zero-order valence-electron chi connectivity index (χ0n) is 15.4. The number of aryl methyl sites for hydroxylation is 1. The predicted molar refractivity (Wildman–Crippen MR) is 103 cm³/mol. The van der Waals surface area contributed by atoms with Gasteiger partial charge in [-0.1, -0.05) is 48.5 Å². The molecule has 0 fully saturated rings. The van der Waals surface area contributed by atoms with E-state index in [1.165, 1.54) is 0 Å². The van der Waals surface area contributed by atoms with E-state index >= 15 is 0 Å². The van der Waals surface area contributed by atoms with Crippen LogP contribution in [0.25, 0.3) is 10.9 Å². The van der Waals surface area contributed by atoms with Crippen LogP contribution in [0.3, 0.4) is 0 Å². The van der Waals surface area contributed by atoms with Gasteiger partial charge in [-0.05, 0) is 31.4 Å². The highest BCUT2D eigenvalue weighted by Crippen LogP contribution is 2.25. The average molecular weight is 365 g/mol. The number of para-hydroxylation sites is 1. The fraction of sp³-hybridized carbons (Fsp3) is 0.273. The minimum atomic E-state index is -0.359. The van der Waals surface area contributed by atoms with Crippen molar-refractivity contribution in [1.29, 1.82) is 0 Å². The van der Waals surface area contributed by atoms with E-state index in [-0.39, 0.29) is 18.5 Å². The van der Waals surface area contributed by atoms with Crippen LogP contribution in [0.1, 0.15) is 41.4 Å². The maximum Gasteiger partial charge on any atom is 0.340 e. The minimum absolute atomic E-state index is 0.221. The van der Waals surface area contributed by atoms with Gasteiger partial charge in [-0.3, -0.25) is 4.79 Å². The van der Waals surface area contributed by atoms with E-state index in [0.29, 0.717) is 31.4 Å². The minimum Gasteiger partial charge on any atom is -0.466 e. The molecule has 0 unspecified atom stereocenters. The SMILES string of the molecule is CCOC(=O)CCCc1[nH]c2ccccc2c1C(=O)OCc1ccccc1. The summed E-state index contributed by atoms with van der Waals surface area (Å²) in [6.07, 6.45) is 1.50. The normalized spacial score (nSPS) is 10.7. The topological polar surface area (TPSA) is 68.4 Å². The number of hydrogen-bond acceptors (Lipinski definition) is 4. The van der Waals surface area contributed by atoms with Gasteiger partial charge in [-0.2, -0.15) is 0 Å². The number of benzene rings is 2. The van der Waals surface area contributed by atoms with Gasteiger partial charge in [0, 0.05) is 23.0 Å². The number of carbonyl (C=O) groups is 2. The van der Waals surface area contributed by atoms with Gasteiger partial charge in [0.1, 0.15) is 6.61 Å². The predicted octanol–water partition coefficient (Wildman–Crippen LogP) is 4.41. The highest BCUT2D eigenvalue weighted by atomic mass is 16.5. The molecule has 0 bridgehead atoms. The largest absolute Gasteiger partial charge is 0.466 e. The number of aromatic amines is 1. The second kappa shape index (κ2) is 9.03. The number of H-pyrrole nitrogens is 1. The number of rotatable bonds is 8. The van der Waals surface area contributed by atoms with Crippen LogP contribution < -0.4 is 0 Å². The molecule has 5 nitrogen and oxygen atoms in total. The molecule has 2 aromatic carbocycles. The maximum atomic E-state index is 12.8. The molecule has 0 spiro atoms. The van der Waals surface area contributed by atoms with Gasteiger partial charge < -0.3 is 14.5 Å². The molecule has 1 heterocycles. The lowest BCUT2D eigenvalue weighted by Crippen LogP contribution is -2.09. The lowest BCUT2D eigenvalue weighted by atomic mass is 10.1. The number of nitrogens with one attached hydrogen (secondary N) is 1. The third-order valence-corrected chi connectivity index (χ3v) is 4.31. The average Bonchev–Trinajstić information content (AvgIpc) is 3.05. The van der Waals surface area contributed by atoms with Gasteiger partial charge in [-0.15, -0.1) is 0 Å². The van der Waals surface area contributed by atoms with Crippen molar-refractivity contribution in [1.82, 2.24) is 4.98 Å². The summed E-state index contributed by atoms with van der Waals surface area (Å²) < 4.78 is 10.5. The van der Waals surface area contributed by atoms with Gasteiger partial charge >= 0.3 is 11.9 Å². The van der Waals surface area contributed by atoms with Crippen molar-refractivity contribution in [2.24, 2.45) is 0 Å². The van der Waals surface area contributed by atoms with Crippen molar-refractivity contribution in [2.75, 3.05) is 6.61 Å². The van der Waals surface area contributed by atoms with Crippen LogP contribution in [0, 0.1) is 0 Å². The summed E-state index contributed by atoms with van der Waals surface area (Å²) in [6.45, 7) is 2.39. The van der Waals surface area contributed by atoms with Gasteiger partial charge in [-0.25, -0.2) is 4.79 Å². The van der Waals surface area contributed by atoms with Gasteiger partial charge in [0.05, 0.1) is 12.2 Å². The fourth-order valence-corrected chi connectivity index (χ4v) is 3.06. The van der Waals surface area contributed by atoms with Crippen molar-refractivity contribution in [2.45, 2.75) is 32.8 Å². The Bertz CT molecular complexity index is 914. The van der Waals surface area contributed by atoms with E-state index in [0.717, 1.165) is 22.2 Å². The van der Waals surface area contributed by atoms with Crippen LogP contribution >= 0.6 is 0 Å². The number of hydrogen-bond donors (Lipinski definition) is 1. The Morgan fingerprint density at radius 3 is 2.48 bits per heavy atom. The molecule has 27 heavy (non-hydrogen) atoms. The van der Waals surface area contributed by atoms with E-state index in [1.807, 2.05) is 54.6 Å². The first kappa shape index (κ1) is 18.7. The second-order valence-corrected chi connectivity index (χ2v) is 6.24. The molecule has 0 atom stereocenters. The van der Waals surface area contributed by atoms with Gasteiger partial charge in [0.25, 0.3) is 0 Å². The van der Waals surface area contributed by atoms with Crippen molar-refractivity contribution >= 4 is 22.8 Å². The molecule has 0 saturated carbocycles. The Morgan fingerprint density at radius 1 is 0.963 bits per heavy atom. The van der Waals surface area contributed by atoms with Crippen LogP contribution in [0.5, 0.6) is 0 Å². The molecule has 0 radical (unpaired) electrons. The second-order valence-electron chi connectivity index (χ2n) is 6.24. The number of carbonyl (C=O) groups excluding carboxylic acids is 2. The fourth-order valence-electron chi connectivity index (χ4n) is 3.06. The summed E-state index contributed by atoms with van der Waals surface area (Å²) in [6, 6.07) is 17.2. The summed E-state index contributed by atoms with van der Waals surface area (Å²) in [4.78, 5) is 27.6. The number of aromatic nitrogens is 1. The summed E-state index contributed by atoms with van der Waals surface area (Å²) in [5.41, 5.74) is 3.16. The lowest BCUT2D eigenvalue weighted by molar-refractivity contribution is -0.143. The zero-order chi connectivity index (χ0) is 19.1. The van der Waals surface area contributed by atoms with Crippen molar-refractivity contribution in [3.63, 3.8) is 0 Å². The molecule has 0 saturated heterocycles. The number of ether oxygens (including phenoxy) is 2.